The van der Waals surface area contributed by atoms with E-state index < -0.39 is 10.0 Å². The van der Waals surface area contributed by atoms with Gasteiger partial charge in [-0.1, -0.05) is 18.2 Å². The summed E-state index contributed by atoms with van der Waals surface area (Å²) in [4.78, 5) is 18.1. The van der Waals surface area contributed by atoms with Crippen LogP contribution in [-0.4, -0.2) is 41.1 Å². The number of amides is 1. The van der Waals surface area contributed by atoms with Crippen LogP contribution >= 0.6 is 0 Å². The SMILES string of the molecule is Cc1nccn1-c1ccccc1CN1CC(CS(N)(=O)=O)CC1=O. The van der Waals surface area contributed by atoms with Crippen LogP contribution in [0.3, 0.4) is 0 Å². The minimum absolute atomic E-state index is 0.0409. The number of nitrogens with zero attached hydrogens (tertiary/aromatic N) is 3. The molecule has 0 aliphatic carbocycles. The van der Waals surface area contributed by atoms with Crippen LogP contribution in [-0.2, 0) is 21.4 Å². The van der Waals surface area contributed by atoms with E-state index in [9.17, 15) is 13.2 Å². The first-order chi connectivity index (χ1) is 11.3. The van der Waals surface area contributed by atoms with Gasteiger partial charge >= 0.3 is 0 Å². The van der Waals surface area contributed by atoms with E-state index in [1.807, 2.05) is 42.0 Å². The maximum atomic E-state index is 12.2. The monoisotopic (exact) mass is 348 g/mol. The topological polar surface area (TPSA) is 98.3 Å². The van der Waals surface area contributed by atoms with Gasteiger partial charge in [-0.3, -0.25) is 4.79 Å². The highest BCUT2D eigenvalue weighted by Gasteiger charge is 2.32. The molecule has 1 amide bonds. The molecule has 24 heavy (non-hydrogen) atoms. The predicted molar refractivity (Wildman–Crippen MR) is 89.8 cm³/mol. The average molecular weight is 348 g/mol. The number of carbonyl (C=O) groups excluding carboxylic acids is 1. The number of hydrogen-bond donors (Lipinski definition) is 1. The summed E-state index contributed by atoms with van der Waals surface area (Å²) in [6.45, 7) is 2.76. The van der Waals surface area contributed by atoms with E-state index in [0.717, 1.165) is 17.1 Å². The molecule has 0 spiro atoms. The van der Waals surface area contributed by atoms with Gasteiger partial charge in [-0.05, 0) is 18.6 Å². The smallest absolute Gasteiger partial charge is 0.223 e. The molecule has 0 saturated carbocycles. The predicted octanol–water partition coefficient (Wildman–Crippen LogP) is 0.818. The van der Waals surface area contributed by atoms with Gasteiger partial charge < -0.3 is 9.47 Å². The van der Waals surface area contributed by atoms with Crippen molar-refractivity contribution >= 4 is 15.9 Å². The van der Waals surface area contributed by atoms with Gasteiger partial charge in [0.2, 0.25) is 15.9 Å². The second kappa shape index (κ2) is 6.37. The molecule has 1 aromatic heterocycles. The lowest BCUT2D eigenvalue weighted by Gasteiger charge is -2.19. The number of aromatic nitrogens is 2. The van der Waals surface area contributed by atoms with Gasteiger partial charge in [-0.2, -0.15) is 0 Å². The normalized spacial score (nSPS) is 18.3. The number of imidazole rings is 1. The minimum Gasteiger partial charge on any atom is -0.338 e. The molecule has 1 aromatic carbocycles. The Kier molecular flexibility index (Phi) is 4.42. The molecule has 2 heterocycles. The van der Waals surface area contributed by atoms with Gasteiger partial charge in [0.25, 0.3) is 0 Å². The minimum atomic E-state index is -3.57. The third-order valence-electron chi connectivity index (χ3n) is 4.20. The van der Waals surface area contributed by atoms with Crippen LogP contribution < -0.4 is 5.14 Å². The lowest BCUT2D eigenvalue weighted by molar-refractivity contribution is -0.128. The maximum absolute atomic E-state index is 12.2. The molecule has 2 aromatic rings. The number of hydrogen-bond acceptors (Lipinski definition) is 4. The first-order valence-corrected chi connectivity index (χ1v) is 9.41. The van der Waals surface area contributed by atoms with Crippen LogP contribution in [0.4, 0.5) is 0 Å². The van der Waals surface area contributed by atoms with Gasteiger partial charge in [0.05, 0.1) is 11.4 Å². The van der Waals surface area contributed by atoms with Crippen molar-refractivity contribution in [2.75, 3.05) is 12.3 Å². The Morgan fingerprint density at radius 3 is 2.75 bits per heavy atom. The quantitative estimate of drug-likeness (QED) is 0.865. The zero-order valence-corrected chi connectivity index (χ0v) is 14.2. The van der Waals surface area contributed by atoms with Crippen LogP contribution in [0.2, 0.25) is 0 Å². The molecule has 1 aliphatic heterocycles. The maximum Gasteiger partial charge on any atom is 0.223 e. The number of carbonyl (C=O) groups is 1. The summed E-state index contributed by atoms with van der Waals surface area (Å²) < 4.78 is 24.5. The van der Waals surface area contributed by atoms with E-state index in [2.05, 4.69) is 4.98 Å². The van der Waals surface area contributed by atoms with E-state index in [-0.39, 0.29) is 24.0 Å². The lowest BCUT2D eigenvalue weighted by Crippen LogP contribution is -2.27. The Hall–Kier alpha value is -2.19. The Morgan fingerprint density at radius 1 is 1.33 bits per heavy atom. The third kappa shape index (κ3) is 3.65. The summed E-state index contributed by atoms with van der Waals surface area (Å²) in [6.07, 6.45) is 3.84. The number of sulfonamides is 1. The number of primary sulfonamides is 1. The molecule has 1 saturated heterocycles. The zero-order chi connectivity index (χ0) is 17.3. The highest BCUT2D eigenvalue weighted by Crippen LogP contribution is 2.24. The van der Waals surface area contributed by atoms with Gasteiger partial charge in [-0.25, -0.2) is 18.5 Å². The van der Waals surface area contributed by atoms with Crippen molar-refractivity contribution in [1.82, 2.24) is 14.5 Å². The van der Waals surface area contributed by atoms with Gasteiger partial charge in [-0.15, -0.1) is 0 Å². The van der Waals surface area contributed by atoms with Crippen molar-refractivity contribution in [2.45, 2.75) is 19.9 Å². The number of aryl methyl sites for hydroxylation is 1. The fraction of sp³-hybridized carbons (Fsp3) is 0.375. The molecule has 128 valence electrons. The van der Waals surface area contributed by atoms with Crippen molar-refractivity contribution in [2.24, 2.45) is 11.1 Å². The van der Waals surface area contributed by atoms with E-state index in [1.54, 1.807) is 11.1 Å². The van der Waals surface area contributed by atoms with Crippen LogP contribution in [0.1, 0.15) is 17.8 Å². The summed E-state index contributed by atoms with van der Waals surface area (Å²) in [5, 5.41) is 5.10. The van der Waals surface area contributed by atoms with E-state index >= 15 is 0 Å². The number of para-hydroxylation sites is 1. The molecule has 3 rings (SSSR count). The highest BCUT2D eigenvalue weighted by atomic mass is 32.2. The van der Waals surface area contributed by atoms with Gasteiger partial charge in [0.15, 0.2) is 0 Å². The number of likely N-dealkylation sites (tertiary alicyclic amines) is 1. The van der Waals surface area contributed by atoms with Crippen molar-refractivity contribution in [1.29, 1.82) is 0 Å². The zero-order valence-electron chi connectivity index (χ0n) is 13.4. The molecule has 1 fully saturated rings. The molecule has 1 atom stereocenters. The summed E-state index contributed by atoms with van der Waals surface area (Å²) in [5.41, 5.74) is 1.96. The molecule has 0 radical (unpaired) electrons. The summed E-state index contributed by atoms with van der Waals surface area (Å²) in [6, 6.07) is 7.81. The summed E-state index contributed by atoms with van der Waals surface area (Å²) in [5.74, 6) is 0.426. The van der Waals surface area contributed by atoms with Crippen molar-refractivity contribution in [3.8, 4) is 5.69 Å². The molecular formula is C16H20N4O3S. The van der Waals surface area contributed by atoms with Gasteiger partial charge in [0.1, 0.15) is 5.82 Å². The molecule has 1 unspecified atom stereocenters. The van der Waals surface area contributed by atoms with E-state index in [4.69, 9.17) is 5.14 Å². The molecule has 8 heteroatoms. The van der Waals surface area contributed by atoms with Crippen LogP contribution in [0.25, 0.3) is 5.69 Å². The van der Waals surface area contributed by atoms with Crippen LogP contribution in [0, 0.1) is 12.8 Å². The van der Waals surface area contributed by atoms with Crippen LogP contribution in [0.5, 0.6) is 0 Å². The Balaban J connectivity index is 1.80. The fourth-order valence-electron chi connectivity index (χ4n) is 3.16. The number of nitrogens with two attached hydrogens (primary N) is 1. The fourth-order valence-corrected chi connectivity index (χ4v) is 4.05. The average Bonchev–Trinajstić information content (AvgIpc) is 3.04. The first-order valence-electron chi connectivity index (χ1n) is 7.70. The second-order valence-electron chi connectivity index (χ2n) is 6.15. The van der Waals surface area contributed by atoms with Crippen molar-refractivity contribution in [3.05, 3.63) is 48.0 Å². The van der Waals surface area contributed by atoms with Crippen LogP contribution in [0.15, 0.2) is 36.7 Å². The Bertz CT molecular complexity index is 860. The molecule has 1 aliphatic rings. The molecule has 2 N–H and O–H groups in total. The highest BCUT2D eigenvalue weighted by molar-refractivity contribution is 7.89. The largest absolute Gasteiger partial charge is 0.338 e. The Labute approximate surface area is 141 Å². The number of benzene rings is 1. The molecule has 0 bridgehead atoms. The first kappa shape index (κ1) is 16.7. The van der Waals surface area contributed by atoms with Crippen molar-refractivity contribution in [3.63, 3.8) is 0 Å². The van der Waals surface area contributed by atoms with E-state index in [1.165, 1.54) is 0 Å². The summed E-state index contributed by atoms with van der Waals surface area (Å²) in [7, 11) is -3.57. The second-order valence-corrected chi connectivity index (χ2v) is 7.81. The van der Waals surface area contributed by atoms with Gasteiger partial charge in [0, 0.05) is 37.8 Å². The number of rotatable bonds is 5. The van der Waals surface area contributed by atoms with Crippen molar-refractivity contribution < 1.29 is 13.2 Å². The third-order valence-corrected chi connectivity index (χ3v) is 5.14. The molecule has 7 nitrogen and oxygen atoms in total. The standard InChI is InChI=1S/C16H20N4O3S/c1-12-18-6-7-20(12)15-5-3-2-4-14(15)10-19-9-13(8-16(19)21)11-24(17,22)23/h2-7,13H,8-11H2,1H3,(H2,17,22,23). The van der Waals surface area contributed by atoms with E-state index in [0.29, 0.717) is 13.1 Å². The lowest BCUT2D eigenvalue weighted by atomic mass is 10.1. The molecular weight excluding hydrogens is 328 g/mol. The summed E-state index contributed by atoms with van der Waals surface area (Å²) >= 11 is 0. The Morgan fingerprint density at radius 2 is 2.08 bits per heavy atom.